The molecule has 100 valence electrons. The van der Waals surface area contributed by atoms with Gasteiger partial charge in [-0.05, 0) is 55.8 Å². The summed E-state index contributed by atoms with van der Waals surface area (Å²) < 4.78 is 6.72. The van der Waals surface area contributed by atoms with Crippen LogP contribution < -0.4 is 10.1 Å². The maximum absolute atomic E-state index is 5.61. The molecule has 2 nitrogen and oxygen atoms in total. The fraction of sp³-hybridized carbons (Fsp3) is 0.250. The lowest BCUT2D eigenvalue weighted by Gasteiger charge is -2.11. The van der Waals surface area contributed by atoms with E-state index in [2.05, 4.69) is 45.5 Å². The van der Waals surface area contributed by atoms with E-state index in [0.717, 1.165) is 22.5 Å². The van der Waals surface area contributed by atoms with Crippen molar-refractivity contribution in [3.05, 3.63) is 58.6 Å². The molecule has 0 spiro atoms. The molecule has 0 amide bonds. The third-order valence-corrected chi connectivity index (χ3v) is 3.16. The summed E-state index contributed by atoms with van der Waals surface area (Å²) in [5.41, 5.74) is 2.35. The smallest absolute Gasteiger partial charge is 0.119 e. The Morgan fingerprint density at radius 1 is 1.00 bits per heavy atom. The van der Waals surface area contributed by atoms with E-state index in [1.54, 1.807) is 0 Å². The second kappa shape index (κ2) is 6.62. The molecular weight excluding hydrogens is 302 g/mol. The van der Waals surface area contributed by atoms with Crippen LogP contribution in [-0.4, -0.2) is 6.10 Å². The Bertz CT molecular complexity index is 505. The quantitative estimate of drug-likeness (QED) is 0.850. The largest absolute Gasteiger partial charge is 0.491 e. The van der Waals surface area contributed by atoms with Gasteiger partial charge in [-0.15, -0.1) is 0 Å². The Balaban J connectivity index is 1.91. The fourth-order valence-corrected chi connectivity index (χ4v) is 1.99. The van der Waals surface area contributed by atoms with Crippen molar-refractivity contribution >= 4 is 21.6 Å². The summed E-state index contributed by atoms with van der Waals surface area (Å²) in [4.78, 5) is 0. The van der Waals surface area contributed by atoms with E-state index in [1.165, 1.54) is 5.56 Å². The van der Waals surface area contributed by atoms with Crippen LogP contribution in [0, 0.1) is 0 Å². The highest BCUT2D eigenvalue weighted by molar-refractivity contribution is 9.10. The average molecular weight is 320 g/mol. The van der Waals surface area contributed by atoms with E-state index < -0.39 is 0 Å². The Morgan fingerprint density at radius 3 is 2.21 bits per heavy atom. The first-order valence-corrected chi connectivity index (χ1v) is 7.18. The first-order valence-electron chi connectivity index (χ1n) is 6.38. The van der Waals surface area contributed by atoms with E-state index in [0.29, 0.717) is 0 Å². The normalized spacial score (nSPS) is 10.5. The van der Waals surface area contributed by atoms with Crippen molar-refractivity contribution in [2.75, 3.05) is 5.32 Å². The standard InChI is InChI=1S/C16H18BrNO/c1-12(2)19-16-9-7-15(8-10-16)18-11-13-3-5-14(17)6-4-13/h3-10,12,18H,11H2,1-2H3. The highest BCUT2D eigenvalue weighted by Crippen LogP contribution is 2.18. The number of nitrogens with one attached hydrogen (secondary N) is 1. The number of rotatable bonds is 5. The molecule has 0 saturated carbocycles. The predicted octanol–water partition coefficient (Wildman–Crippen LogP) is 4.85. The molecule has 1 N–H and O–H groups in total. The summed E-state index contributed by atoms with van der Waals surface area (Å²) in [5, 5.41) is 3.39. The SMILES string of the molecule is CC(C)Oc1ccc(NCc2ccc(Br)cc2)cc1. The predicted molar refractivity (Wildman–Crippen MR) is 83.7 cm³/mol. The van der Waals surface area contributed by atoms with Crippen LogP contribution in [-0.2, 0) is 6.54 Å². The zero-order valence-corrected chi connectivity index (χ0v) is 12.8. The van der Waals surface area contributed by atoms with Crippen LogP contribution in [0.15, 0.2) is 53.0 Å². The number of ether oxygens (including phenoxy) is 1. The molecule has 0 aliphatic rings. The van der Waals surface area contributed by atoms with E-state index in [9.17, 15) is 0 Å². The van der Waals surface area contributed by atoms with Gasteiger partial charge in [-0.3, -0.25) is 0 Å². The van der Waals surface area contributed by atoms with Gasteiger partial charge in [0.25, 0.3) is 0 Å². The molecule has 0 fully saturated rings. The molecular formula is C16H18BrNO. The second-order valence-electron chi connectivity index (χ2n) is 4.67. The average Bonchev–Trinajstić information content (AvgIpc) is 2.39. The summed E-state index contributed by atoms with van der Waals surface area (Å²) in [6.45, 7) is 4.87. The van der Waals surface area contributed by atoms with Crippen LogP contribution in [0.3, 0.4) is 0 Å². The number of benzene rings is 2. The molecule has 3 heteroatoms. The molecule has 0 radical (unpaired) electrons. The molecule has 0 unspecified atom stereocenters. The van der Waals surface area contributed by atoms with E-state index in [1.807, 2.05) is 38.1 Å². The van der Waals surface area contributed by atoms with E-state index >= 15 is 0 Å². The lowest BCUT2D eigenvalue weighted by Crippen LogP contribution is -2.05. The number of hydrogen-bond donors (Lipinski definition) is 1. The zero-order chi connectivity index (χ0) is 13.7. The molecule has 0 heterocycles. The Hall–Kier alpha value is -1.48. The van der Waals surface area contributed by atoms with Crippen molar-refractivity contribution in [2.45, 2.75) is 26.5 Å². The second-order valence-corrected chi connectivity index (χ2v) is 5.59. The highest BCUT2D eigenvalue weighted by atomic mass is 79.9. The first kappa shape index (κ1) is 13.9. The summed E-state index contributed by atoms with van der Waals surface area (Å²) >= 11 is 3.43. The van der Waals surface area contributed by atoms with Gasteiger partial charge in [0.1, 0.15) is 5.75 Å². The van der Waals surface area contributed by atoms with Crippen molar-refractivity contribution in [1.29, 1.82) is 0 Å². The van der Waals surface area contributed by atoms with E-state index in [4.69, 9.17) is 4.74 Å². The minimum atomic E-state index is 0.210. The highest BCUT2D eigenvalue weighted by Gasteiger charge is 1.98. The molecule has 0 aliphatic carbocycles. The molecule has 2 aromatic carbocycles. The van der Waals surface area contributed by atoms with Crippen molar-refractivity contribution < 1.29 is 4.74 Å². The van der Waals surface area contributed by atoms with Crippen LogP contribution >= 0.6 is 15.9 Å². The lowest BCUT2D eigenvalue weighted by molar-refractivity contribution is 0.242. The zero-order valence-electron chi connectivity index (χ0n) is 11.2. The minimum absolute atomic E-state index is 0.210. The summed E-state index contributed by atoms with van der Waals surface area (Å²) in [5.74, 6) is 0.907. The molecule has 2 rings (SSSR count). The third-order valence-electron chi connectivity index (χ3n) is 2.64. The van der Waals surface area contributed by atoms with Gasteiger partial charge < -0.3 is 10.1 Å². The Labute approximate surface area is 122 Å². The van der Waals surface area contributed by atoms with Crippen LogP contribution in [0.4, 0.5) is 5.69 Å². The monoisotopic (exact) mass is 319 g/mol. The summed E-state index contributed by atoms with van der Waals surface area (Å²) in [6.07, 6.45) is 0.210. The third kappa shape index (κ3) is 4.60. The van der Waals surface area contributed by atoms with Gasteiger partial charge in [-0.25, -0.2) is 0 Å². The van der Waals surface area contributed by atoms with Crippen LogP contribution in [0.1, 0.15) is 19.4 Å². The number of anilines is 1. The molecule has 0 bridgehead atoms. The molecule has 0 aromatic heterocycles. The van der Waals surface area contributed by atoms with Crippen LogP contribution in [0.25, 0.3) is 0 Å². The molecule has 0 saturated heterocycles. The minimum Gasteiger partial charge on any atom is -0.491 e. The van der Waals surface area contributed by atoms with Crippen LogP contribution in [0.2, 0.25) is 0 Å². The topological polar surface area (TPSA) is 21.3 Å². The van der Waals surface area contributed by atoms with Gasteiger partial charge in [0.15, 0.2) is 0 Å². The fourth-order valence-electron chi connectivity index (χ4n) is 1.73. The van der Waals surface area contributed by atoms with Gasteiger partial charge in [0, 0.05) is 16.7 Å². The Kier molecular flexibility index (Phi) is 4.86. The number of hydrogen-bond acceptors (Lipinski definition) is 2. The van der Waals surface area contributed by atoms with Gasteiger partial charge in [-0.1, -0.05) is 28.1 Å². The van der Waals surface area contributed by atoms with E-state index in [-0.39, 0.29) is 6.10 Å². The molecule has 0 atom stereocenters. The van der Waals surface area contributed by atoms with Gasteiger partial charge >= 0.3 is 0 Å². The summed E-state index contributed by atoms with van der Waals surface area (Å²) in [6, 6.07) is 16.4. The van der Waals surface area contributed by atoms with Gasteiger partial charge in [0.2, 0.25) is 0 Å². The molecule has 2 aromatic rings. The number of halogens is 1. The van der Waals surface area contributed by atoms with Crippen molar-refractivity contribution in [1.82, 2.24) is 0 Å². The van der Waals surface area contributed by atoms with Crippen molar-refractivity contribution in [3.8, 4) is 5.75 Å². The van der Waals surface area contributed by atoms with Crippen molar-refractivity contribution in [3.63, 3.8) is 0 Å². The Morgan fingerprint density at radius 2 is 1.63 bits per heavy atom. The molecule has 0 aliphatic heterocycles. The van der Waals surface area contributed by atoms with Gasteiger partial charge in [-0.2, -0.15) is 0 Å². The first-order chi connectivity index (χ1) is 9.13. The maximum atomic E-state index is 5.61. The molecule has 19 heavy (non-hydrogen) atoms. The van der Waals surface area contributed by atoms with Crippen molar-refractivity contribution in [2.24, 2.45) is 0 Å². The van der Waals surface area contributed by atoms with Gasteiger partial charge in [0.05, 0.1) is 6.10 Å². The summed E-state index contributed by atoms with van der Waals surface area (Å²) in [7, 11) is 0. The lowest BCUT2D eigenvalue weighted by atomic mass is 10.2. The van der Waals surface area contributed by atoms with Crippen LogP contribution in [0.5, 0.6) is 5.75 Å². The maximum Gasteiger partial charge on any atom is 0.119 e.